The summed E-state index contributed by atoms with van der Waals surface area (Å²) in [6, 6.07) is 1.78. The maximum absolute atomic E-state index is 12.2. The molecule has 2 N–H and O–H groups in total. The first kappa shape index (κ1) is 17.5. The zero-order valence-corrected chi connectivity index (χ0v) is 13.1. The van der Waals surface area contributed by atoms with Gasteiger partial charge in [-0.1, -0.05) is 18.3 Å². The molecule has 0 saturated carbocycles. The first-order chi connectivity index (χ1) is 11.4. The lowest BCUT2D eigenvalue weighted by Gasteiger charge is -2.19. The van der Waals surface area contributed by atoms with Crippen LogP contribution in [0.3, 0.4) is 0 Å². The Morgan fingerprint density at radius 1 is 1.50 bits per heavy atom. The van der Waals surface area contributed by atoms with Gasteiger partial charge in [-0.3, -0.25) is 19.9 Å². The van der Waals surface area contributed by atoms with Crippen LogP contribution in [0.4, 0.5) is 0 Å². The van der Waals surface area contributed by atoms with E-state index in [2.05, 4.69) is 18.3 Å². The maximum atomic E-state index is 12.2. The van der Waals surface area contributed by atoms with Crippen molar-refractivity contribution in [3.8, 4) is 0 Å². The molecule has 1 unspecified atom stereocenters. The number of aliphatic hydroxyl groups is 1. The number of ketones is 1. The lowest BCUT2D eigenvalue weighted by Crippen LogP contribution is -2.36. The van der Waals surface area contributed by atoms with Crippen molar-refractivity contribution in [2.45, 2.75) is 12.3 Å². The monoisotopic (exact) mass is 333 g/mol. The molecule has 128 valence electrons. The van der Waals surface area contributed by atoms with Gasteiger partial charge in [0.15, 0.2) is 11.5 Å². The van der Waals surface area contributed by atoms with E-state index < -0.39 is 11.5 Å². The van der Waals surface area contributed by atoms with Crippen molar-refractivity contribution in [1.82, 2.24) is 15.1 Å². The Morgan fingerprint density at radius 2 is 2.25 bits per heavy atom. The third-order valence-corrected chi connectivity index (χ3v) is 3.71. The standard InChI is InChI=1S/C16H19N3O5/c1-3-12-7-13(17-24-12)11-5-6-18(8-11)16(22)10-19(23)9-15(21)14(20)4-2/h3-4,7,9,11,21,23H,1-2,5-6,8,10H2/b15-9+. The molecular formula is C16H19N3O5. The Morgan fingerprint density at radius 3 is 2.88 bits per heavy atom. The van der Waals surface area contributed by atoms with E-state index in [1.807, 2.05) is 0 Å². The van der Waals surface area contributed by atoms with E-state index in [0.717, 1.165) is 24.4 Å². The zero-order chi connectivity index (χ0) is 17.7. The highest BCUT2D eigenvalue weighted by molar-refractivity contribution is 6.01. The quantitative estimate of drug-likeness (QED) is 0.442. The minimum absolute atomic E-state index is 0.0600. The van der Waals surface area contributed by atoms with Gasteiger partial charge >= 0.3 is 0 Å². The summed E-state index contributed by atoms with van der Waals surface area (Å²) in [6.07, 6.45) is 3.98. The van der Waals surface area contributed by atoms with Crippen LogP contribution >= 0.6 is 0 Å². The minimum Gasteiger partial charge on any atom is -0.503 e. The summed E-state index contributed by atoms with van der Waals surface area (Å²) >= 11 is 0. The smallest absolute Gasteiger partial charge is 0.244 e. The predicted octanol–water partition coefficient (Wildman–Crippen LogP) is 1.48. The van der Waals surface area contributed by atoms with Crippen LogP contribution in [0.15, 0.2) is 41.8 Å². The first-order valence-corrected chi connectivity index (χ1v) is 7.34. The first-order valence-electron chi connectivity index (χ1n) is 7.34. The second-order valence-corrected chi connectivity index (χ2v) is 5.36. The second kappa shape index (κ2) is 7.60. The predicted molar refractivity (Wildman–Crippen MR) is 84.9 cm³/mol. The number of nitrogens with zero attached hydrogens (tertiary/aromatic N) is 3. The fourth-order valence-corrected chi connectivity index (χ4v) is 2.41. The van der Waals surface area contributed by atoms with Gasteiger partial charge in [0, 0.05) is 25.1 Å². The van der Waals surface area contributed by atoms with Crippen molar-refractivity contribution >= 4 is 17.8 Å². The van der Waals surface area contributed by atoms with Crippen LogP contribution in [-0.2, 0) is 9.59 Å². The van der Waals surface area contributed by atoms with Gasteiger partial charge in [-0.25, -0.2) is 0 Å². The number of amides is 1. The molecule has 1 aromatic rings. The van der Waals surface area contributed by atoms with Gasteiger partial charge in [0.05, 0.1) is 11.9 Å². The molecule has 24 heavy (non-hydrogen) atoms. The Hall–Kier alpha value is -2.87. The number of aliphatic hydroxyl groups excluding tert-OH is 1. The third-order valence-electron chi connectivity index (χ3n) is 3.71. The van der Waals surface area contributed by atoms with Crippen LogP contribution in [0.2, 0.25) is 0 Å². The molecule has 1 saturated heterocycles. The molecule has 1 fully saturated rings. The molecule has 0 aliphatic carbocycles. The molecule has 1 aliphatic rings. The van der Waals surface area contributed by atoms with E-state index in [9.17, 15) is 19.9 Å². The second-order valence-electron chi connectivity index (χ2n) is 5.36. The fraction of sp³-hybridized carbons (Fsp3) is 0.312. The number of carbonyl (C=O) groups is 2. The Balaban J connectivity index is 1.91. The highest BCUT2D eigenvalue weighted by Crippen LogP contribution is 2.27. The lowest BCUT2D eigenvalue weighted by atomic mass is 10.1. The van der Waals surface area contributed by atoms with Crippen molar-refractivity contribution in [2.75, 3.05) is 19.6 Å². The Bertz CT molecular complexity index is 679. The molecule has 0 radical (unpaired) electrons. The van der Waals surface area contributed by atoms with Gasteiger partial charge in [0.1, 0.15) is 6.54 Å². The van der Waals surface area contributed by atoms with Gasteiger partial charge < -0.3 is 14.5 Å². The largest absolute Gasteiger partial charge is 0.503 e. The topological polar surface area (TPSA) is 107 Å². The number of carbonyl (C=O) groups excluding carboxylic acids is 2. The molecule has 8 nitrogen and oxygen atoms in total. The SMILES string of the molecule is C=CC(=O)/C(O)=C\N(O)CC(=O)N1CCC(c2cc(C=C)on2)C1. The van der Waals surface area contributed by atoms with Crippen LogP contribution in [0.1, 0.15) is 23.8 Å². The Kier molecular flexibility index (Phi) is 5.54. The van der Waals surface area contributed by atoms with Crippen LogP contribution < -0.4 is 0 Å². The summed E-state index contributed by atoms with van der Waals surface area (Å²) in [7, 11) is 0. The average Bonchev–Trinajstić information content (AvgIpc) is 3.22. The molecule has 1 aromatic heterocycles. The van der Waals surface area contributed by atoms with E-state index in [1.54, 1.807) is 17.0 Å². The normalized spacial score (nSPS) is 17.6. The minimum atomic E-state index is -0.744. The number of rotatable bonds is 7. The van der Waals surface area contributed by atoms with Gasteiger partial charge in [0.25, 0.3) is 0 Å². The van der Waals surface area contributed by atoms with Crippen molar-refractivity contribution in [2.24, 2.45) is 0 Å². The number of hydrogen-bond donors (Lipinski definition) is 2. The van der Waals surface area contributed by atoms with Crippen molar-refractivity contribution in [1.29, 1.82) is 0 Å². The van der Waals surface area contributed by atoms with Crippen LogP contribution in [-0.4, -0.2) is 56.8 Å². The van der Waals surface area contributed by atoms with Crippen molar-refractivity contribution in [3.63, 3.8) is 0 Å². The summed E-state index contributed by atoms with van der Waals surface area (Å²) in [5.41, 5.74) is 0.759. The summed E-state index contributed by atoms with van der Waals surface area (Å²) in [5, 5.41) is 23.4. The summed E-state index contributed by atoms with van der Waals surface area (Å²) in [4.78, 5) is 24.9. The molecule has 2 rings (SSSR count). The highest BCUT2D eigenvalue weighted by Gasteiger charge is 2.29. The maximum Gasteiger partial charge on any atom is 0.244 e. The molecule has 1 aliphatic heterocycles. The van der Waals surface area contributed by atoms with E-state index in [-0.39, 0.29) is 18.4 Å². The molecule has 1 amide bonds. The van der Waals surface area contributed by atoms with Crippen LogP contribution in [0.5, 0.6) is 0 Å². The van der Waals surface area contributed by atoms with E-state index in [1.165, 1.54) is 0 Å². The van der Waals surface area contributed by atoms with Crippen molar-refractivity contribution in [3.05, 3.63) is 48.7 Å². The number of allylic oxidation sites excluding steroid dienone is 1. The Labute approximate surface area is 138 Å². The summed E-state index contributed by atoms with van der Waals surface area (Å²) in [5.74, 6) is -1.14. The number of hydroxylamine groups is 2. The lowest BCUT2D eigenvalue weighted by molar-refractivity contribution is -0.139. The molecular weight excluding hydrogens is 314 g/mol. The molecule has 2 heterocycles. The van der Waals surface area contributed by atoms with E-state index >= 15 is 0 Å². The van der Waals surface area contributed by atoms with Crippen LogP contribution in [0, 0.1) is 0 Å². The van der Waals surface area contributed by atoms with Crippen molar-refractivity contribution < 1.29 is 24.4 Å². The molecule has 0 spiro atoms. The molecule has 1 atom stereocenters. The number of likely N-dealkylation sites (tertiary alicyclic amines) is 1. The van der Waals surface area contributed by atoms with E-state index in [4.69, 9.17) is 4.52 Å². The molecule has 0 bridgehead atoms. The van der Waals surface area contributed by atoms with Gasteiger partial charge in [-0.05, 0) is 18.6 Å². The number of aromatic nitrogens is 1. The highest BCUT2D eigenvalue weighted by atomic mass is 16.5. The zero-order valence-electron chi connectivity index (χ0n) is 13.1. The molecule has 0 aromatic carbocycles. The van der Waals surface area contributed by atoms with Gasteiger partial charge in [0.2, 0.25) is 11.7 Å². The average molecular weight is 333 g/mol. The van der Waals surface area contributed by atoms with E-state index in [0.29, 0.717) is 23.9 Å². The number of hydrogen-bond acceptors (Lipinski definition) is 7. The molecule has 8 heteroatoms. The third kappa shape index (κ3) is 4.11. The van der Waals surface area contributed by atoms with Gasteiger partial charge in [-0.2, -0.15) is 0 Å². The summed E-state index contributed by atoms with van der Waals surface area (Å²) < 4.78 is 5.07. The van der Waals surface area contributed by atoms with Crippen LogP contribution in [0.25, 0.3) is 6.08 Å². The fourth-order valence-electron chi connectivity index (χ4n) is 2.41. The summed E-state index contributed by atoms with van der Waals surface area (Å²) in [6.45, 7) is 7.41. The van der Waals surface area contributed by atoms with Gasteiger partial charge in [-0.15, -0.1) is 0 Å².